The van der Waals surface area contributed by atoms with Gasteiger partial charge >= 0.3 is 0 Å². The van der Waals surface area contributed by atoms with Gasteiger partial charge in [0.05, 0.1) is 16.1 Å². The lowest BCUT2D eigenvalue weighted by Crippen LogP contribution is -2.49. The number of para-hydroxylation sites is 1. The molecule has 0 aliphatic carbocycles. The minimum absolute atomic E-state index is 0.383. The van der Waals surface area contributed by atoms with Crippen molar-refractivity contribution in [2.24, 2.45) is 0 Å². The average molecular weight is 434 g/mol. The quantitative estimate of drug-likeness (QED) is 0.740. The van der Waals surface area contributed by atoms with Gasteiger partial charge in [-0.05, 0) is 42.3 Å². The Morgan fingerprint density at radius 3 is 2.46 bits per heavy atom. The van der Waals surface area contributed by atoms with E-state index >= 15 is 0 Å². The molecule has 0 amide bonds. The van der Waals surface area contributed by atoms with Gasteiger partial charge in [0.2, 0.25) is 10.0 Å². The van der Waals surface area contributed by atoms with E-state index < -0.39 is 10.0 Å². The number of hydrogen-bond donors (Lipinski definition) is 0. The number of benzene rings is 2. The third-order valence-corrected chi connectivity index (χ3v) is 7.12. The van der Waals surface area contributed by atoms with E-state index in [0.29, 0.717) is 43.1 Å². The molecule has 0 radical (unpaired) electrons. The number of piperazine rings is 1. The Bertz CT molecular complexity index is 945. The zero-order chi connectivity index (χ0) is 18.7. The van der Waals surface area contributed by atoms with Crippen molar-refractivity contribution in [2.75, 3.05) is 31.1 Å². The fourth-order valence-electron chi connectivity index (χ4n) is 3.23. The van der Waals surface area contributed by atoms with E-state index in [1.54, 1.807) is 22.5 Å². The molecule has 0 saturated carbocycles. The van der Waals surface area contributed by atoms with Crippen molar-refractivity contribution in [1.82, 2.24) is 4.31 Å². The molecule has 0 spiro atoms. The minimum atomic E-state index is -3.52. The molecule has 26 heavy (non-hydrogen) atoms. The summed E-state index contributed by atoms with van der Waals surface area (Å²) in [5, 5.41) is 9.27. The number of halogens is 1. The van der Waals surface area contributed by atoms with E-state index in [-0.39, 0.29) is 0 Å². The van der Waals surface area contributed by atoms with Crippen molar-refractivity contribution in [2.45, 2.75) is 18.2 Å². The van der Waals surface area contributed by atoms with Crippen LogP contribution in [0, 0.1) is 11.3 Å². The Labute approximate surface area is 163 Å². The van der Waals surface area contributed by atoms with Gasteiger partial charge in [-0.2, -0.15) is 9.57 Å². The molecule has 1 aliphatic rings. The zero-order valence-electron chi connectivity index (χ0n) is 14.5. The minimum Gasteiger partial charge on any atom is -0.368 e. The highest BCUT2D eigenvalue weighted by Crippen LogP contribution is 2.27. The Kier molecular flexibility index (Phi) is 5.66. The van der Waals surface area contributed by atoms with Gasteiger partial charge in [-0.25, -0.2) is 8.42 Å². The van der Waals surface area contributed by atoms with Crippen LogP contribution in [0.25, 0.3) is 0 Å². The summed E-state index contributed by atoms with van der Waals surface area (Å²) < 4.78 is 28.6. The van der Waals surface area contributed by atoms with Crippen LogP contribution in [0.5, 0.6) is 0 Å². The molecule has 0 atom stereocenters. The number of rotatable bonds is 4. The summed E-state index contributed by atoms with van der Waals surface area (Å²) >= 11 is 3.41. The lowest BCUT2D eigenvalue weighted by atomic mass is 10.1. The van der Waals surface area contributed by atoms with Crippen molar-refractivity contribution in [3.05, 3.63) is 58.1 Å². The van der Waals surface area contributed by atoms with Gasteiger partial charge in [0, 0.05) is 30.7 Å². The highest BCUT2D eigenvalue weighted by molar-refractivity contribution is 9.10. The molecule has 0 aromatic heterocycles. The molecule has 0 N–H and O–H groups in total. The van der Waals surface area contributed by atoms with Crippen molar-refractivity contribution < 1.29 is 8.42 Å². The first-order valence-corrected chi connectivity index (χ1v) is 10.7. The SMILES string of the molecule is CCc1cc(Br)ccc1S(=O)(=O)N1CCN(c2ccccc2C#N)CC1. The molecule has 5 nitrogen and oxygen atoms in total. The maximum Gasteiger partial charge on any atom is 0.243 e. The van der Waals surface area contributed by atoms with E-state index in [1.807, 2.05) is 31.2 Å². The lowest BCUT2D eigenvalue weighted by molar-refractivity contribution is 0.384. The largest absolute Gasteiger partial charge is 0.368 e. The second-order valence-corrected chi connectivity index (χ2v) is 8.95. The van der Waals surface area contributed by atoms with Crippen molar-refractivity contribution in [3.8, 4) is 6.07 Å². The fraction of sp³-hybridized carbons (Fsp3) is 0.316. The van der Waals surface area contributed by atoms with Crippen molar-refractivity contribution in [1.29, 1.82) is 5.26 Å². The first-order valence-electron chi connectivity index (χ1n) is 8.50. The van der Waals surface area contributed by atoms with Crippen LogP contribution in [0.15, 0.2) is 51.8 Å². The summed E-state index contributed by atoms with van der Waals surface area (Å²) in [5.41, 5.74) is 2.30. The Morgan fingerprint density at radius 1 is 1.12 bits per heavy atom. The third-order valence-electron chi connectivity index (χ3n) is 4.63. The van der Waals surface area contributed by atoms with Crippen LogP contribution >= 0.6 is 15.9 Å². The maximum absolute atomic E-state index is 13.1. The Morgan fingerprint density at radius 2 is 1.81 bits per heavy atom. The summed E-state index contributed by atoms with van der Waals surface area (Å²) in [4.78, 5) is 2.46. The maximum atomic E-state index is 13.1. The molecule has 0 unspecified atom stereocenters. The molecular formula is C19H20BrN3O2S. The molecule has 3 rings (SSSR count). The van der Waals surface area contributed by atoms with Crippen molar-refractivity contribution in [3.63, 3.8) is 0 Å². The molecule has 2 aromatic carbocycles. The number of nitriles is 1. The first kappa shape index (κ1) is 18.9. The van der Waals surface area contributed by atoms with Crippen LogP contribution in [0.2, 0.25) is 0 Å². The molecule has 2 aromatic rings. The van der Waals surface area contributed by atoms with Crippen LogP contribution in [0.4, 0.5) is 5.69 Å². The van der Waals surface area contributed by atoms with E-state index in [1.165, 1.54) is 0 Å². The van der Waals surface area contributed by atoms with Crippen molar-refractivity contribution >= 4 is 31.6 Å². The van der Waals surface area contributed by atoms with E-state index in [2.05, 4.69) is 26.9 Å². The summed E-state index contributed by atoms with van der Waals surface area (Å²) in [6, 6.07) is 14.9. The van der Waals surface area contributed by atoms with E-state index in [4.69, 9.17) is 0 Å². The number of hydrogen-bond acceptors (Lipinski definition) is 4. The number of aryl methyl sites for hydroxylation is 1. The van der Waals surface area contributed by atoms with Gasteiger partial charge < -0.3 is 4.90 Å². The number of sulfonamides is 1. The summed E-state index contributed by atoms with van der Waals surface area (Å²) in [7, 11) is -3.52. The standard InChI is InChI=1S/C19H20BrN3O2S/c1-2-15-13-17(20)7-8-19(15)26(24,25)23-11-9-22(10-12-23)18-6-4-3-5-16(18)14-21/h3-8,13H,2,9-12H2,1H3. The Balaban J connectivity index is 1.80. The molecule has 7 heteroatoms. The van der Waals surface area contributed by atoms with Gasteiger partial charge in [0.15, 0.2) is 0 Å². The van der Waals surface area contributed by atoms with Crippen LogP contribution in [-0.2, 0) is 16.4 Å². The van der Waals surface area contributed by atoms with Gasteiger partial charge in [0.25, 0.3) is 0 Å². The van der Waals surface area contributed by atoms with Crippen LogP contribution in [0.3, 0.4) is 0 Å². The highest BCUT2D eigenvalue weighted by atomic mass is 79.9. The predicted molar refractivity (Wildman–Crippen MR) is 106 cm³/mol. The smallest absolute Gasteiger partial charge is 0.243 e. The molecule has 1 saturated heterocycles. The molecular weight excluding hydrogens is 414 g/mol. The van der Waals surface area contributed by atoms with Crippen LogP contribution < -0.4 is 4.90 Å². The Hall–Kier alpha value is -1.88. The number of nitrogens with zero attached hydrogens (tertiary/aromatic N) is 3. The first-order chi connectivity index (χ1) is 12.5. The lowest BCUT2D eigenvalue weighted by Gasteiger charge is -2.36. The summed E-state index contributed by atoms with van der Waals surface area (Å²) in [6.45, 7) is 3.89. The second kappa shape index (κ2) is 7.78. The van der Waals surface area contributed by atoms with E-state index in [0.717, 1.165) is 15.7 Å². The van der Waals surface area contributed by atoms with Gasteiger partial charge in [-0.3, -0.25) is 0 Å². The molecule has 1 aliphatic heterocycles. The van der Waals surface area contributed by atoms with Crippen LogP contribution in [-0.4, -0.2) is 38.9 Å². The van der Waals surface area contributed by atoms with E-state index in [9.17, 15) is 13.7 Å². The number of anilines is 1. The topological polar surface area (TPSA) is 64.4 Å². The second-order valence-electron chi connectivity index (χ2n) is 6.13. The molecule has 136 valence electrons. The highest BCUT2D eigenvalue weighted by Gasteiger charge is 2.30. The zero-order valence-corrected chi connectivity index (χ0v) is 16.9. The normalized spacial score (nSPS) is 15.7. The van der Waals surface area contributed by atoms with Gasteiger partial charge in [-0.15, -0.1) is 0 Å². The summed E-state index contributed by atoms with van der Waals surface area (Å²) in [5.74, 6) is 0. The van der Waals surface area contributed by atoms with Crippen LogP contribution in [0.1, 0.15) is 18.1 Å². The average Bonchev–Trinajstić information content (AvgIpc) is 2.67. The van der Waals surface area contributed by atoms with Gasteiger partial charge in [-0.1, -0.05) is 35.0 Å². The molecule has 1 heterocycles. The molecule has 1 fully saturated rings. The fourth-order valence-corrected chi connectivity index (χ4v) is 5.33. The predicted octanol–water partition coefficient (Wildman–Crippen LogP) is 3.39. The monoisotopic (exact) mass is 433 g/mol. The molecule has 0 bridgehead atoms. The summed E-state index contributed by atoms with van der Waals surface area (Å²) in [6.07, 6.45) is 0.656. The van der Waals surface area contributed by atoms with Gasteiger partial charge in [0.1, 0.15) is 6.07 Å². The third kappa shape index (κ3) is 3.63.